The zero-order valence-electron chi connectivity index (χ0n) is 16.1. The lowest BCUT2D eigenvalue weighted by Crippen LogP contribution is -2.12. The van der Waals surface area contributed by atoms with E-state index in [2.05, 4.69) is 16.4 Å². The molecule has 1 heterocycles. The number of unbranched alkanes of at least 4 members (excludes halogenated alkanes) is 1. The molecule has 0 spiro atoms. The van der Waals surface area contributed by atoms with Crippen LogP contribution in [0.15, 0.2) is 53.9 Å². The zero-order valence-corrected chi connectivity index (χ0v) is 16.9. The Morgan fingerprint density at radius 3 is 2.72 bits per heavy atom. The first-order chi connectivity index (χ1) is 14.1. The quantitative estimate of drug-likeness (QED) is 0.507. The molecule has 0 aliphatic rings. The van der Waals surface area contributed by atoms with Gasteiger partial charge in [0.2, 0.25) is 0 Å². The van der Waals surface area contributed by atoms with Crippen LogP contribution in [0.2, 0.25) is 0 Å². The SMILES string of the molecule is Cc1nc(COc2cccc(C(=O)Nc3cccc(OCCCC#N)c3)c2)cs1. The summed E-state index contributed by atoms with van der Waals surface area (Å²) in [6, 6.07) is 16.3. The predicted molar refractivity (Wildman–Crippen MR) is 112 cm³/mol. The molecule has 1 amide bonds. The Labute approximate surface area is 173 Å². The average molecular weight is 407 g/mol. The first-order valence-corrected chi connectivity index (χ1v) is 10.1. The van der Waals surface area contributed by atoms with Crippen molar-refractivity contribution in [3.63, 3.8) is 0 Å². The number of rotatable bonds is 9. The molecule has 7 heteroatoms. The Kier molecular flexibility index (Phi) is 7.20. The van der Waals surface area contributed by atoms with E-state index in [1.807, 2.05) is 30.5 Å². The molecule has 0 fully saturated rings. The summed E-state index contributed by atoms with van der Waals surface area (Å²) in [7, 11) is 0. The monoisotopic (exact) mass is 407 g/mol. The number of anilines is 1. The fourth-order valence-electron chi connectivity index (χ4n) is 2.57. The lowest BCUT2D eigenvalue weighted by atomic mass is 10.2. The third-order valence-corrected chi connectivity index (χ3v) is 4.77. The third kappa shape index (κ3) is 6.33. The number of hydrogen-bond acceptors (Lipinski definition) is 6. The average Bonchev–Trinajstić information content (AvgIpc) is 3.15. The number of carbonyl (C=O) groups is 1. The number of benzene rings is 2. The van der Waals surface area contributed by atoms with Crippen molar-refractivity contribution >= 4 is 22.9 Å². The van der Waals surface area contributed by atoms with Crippen LogP contribution in [0.1, 0.15) is 33.9 Å². The molecule has 0 atom stereocenters. The van der Waals surface area contributed by atoms with Crippen LogP contribution in [0, 0.1) is 18.3 Å². The molecule has 0 unspecified atom stereocenters. The summed E-state index contributed by atoms with van der Waals surface area (Å²) in [5, 5.41) is 14.4. The predicted octanol–water partition coefficient (Wildman–Crippen LogP) is 4.97. The second kappa shape index (κ2) is 10.2. The van der Waals surface area contributed by atoms with Crippen molar-refractivity contribution in [2.24, 2.45) is 0 Å². The topological polar surface area (TPSA) is 84.2 Å². The highest BCUT2D eigenvalue weighted by Gasteiger charge is 2.09. The van der Waals surface area contributed by atoms with E-state index in [0.29, 0.717) is 48.8 Å². The third-order valence-electron chi connectivity index (χ3n) is 3.94. The molecule has 0 saturated heterocycles. The highest BCUT2D eigenvalue weighted by molar-refractivity contribution is 7.09. The molecule has 0 radical (unpaired) electrons. The summed E-state index contributed by atoms with van der Waals surface area (Å²) in [5.74, 6) is 1.02. The summed E-state index contributed by atoms with van der Waals surface area (Å²) in [6.45, 7) is 2.77. The lowest BCUT2D eigenvalue weighted by molar-refractivity contribution is 0.102. The Morgan fingerprint density at radius 1 is 1.17 bits per heavy atom. The number of thiazole rings is 1. The van der Waals surface area contributed by atoms with Crippen LogP contribution in [-0.4, -0.2) is 17.5 Å². The highest BCUT2D eigenvalue weighted by atomic mass is 32.1. The number of amides is 1. The summed E-state index contributed by atoms with van der Waals surface area (Å²) >= 11 is 1.58. The minimum Gasteiger partial charge on any atom is -0.493 e. The van der Waals surface area contributed by atoms with Crippen molar-refractivity contribution in [1.29, 1.82) is 5.26 Å². The molecule has 0 aliphatic heterocycles. The normalized spacial score (nSPS) is 10.2. The van der Waals surface area contributed by atoms with Crippen LogP contribution in [0.3, 0.4) is 0 Å². The molecule has 29 heavy (non-hydrogen) atoms. The Bertz CT molecular complexity index is 1010. The van der Waals surface area contributed by atoms with Gasteiger partial charge in [-0.15, -0.1) is 11.3 Å². The van der Waals surface area contributed by atoms with Crippen LogP contribution in [0.5, 0.6) is 11.5 Å². The van der Waals surface area contributed by atoms with Crippen molar-refractivity contribution in [2.45, 2.75) is 26.4 Å². The molecule has 1 N–H and O–H groups in total. The van der Waals surface area contributed by atoms with Gasteiger partial charge in [0.25, 0.3) is 5.91 Å². The minimum absolute atomic E-state index is 0.235. The van der Waals surface area contributed by atoms with Crippen molar-refractivity contribution in [2.75, 3.05) is 11.9 Å². The molecule has 0 bridgehead atoms. The van der Waals surface area contributed by atoms with Gasteiger partial charge in [-0.05, 0) is 43.7 Å². The molecule has 6 nitrogen and oxygen atoms in total. The first-order valence-electron chi connectivity index (χ1n) is 9.19. The number of aryl methyl sites for hydroxylation is 1. The Morgan fingerprint density at radius 2 is 1.97 bits per heavy atom. The molecule has 1 aromatic heterocycles. The van der Waals surface area contributed by atoms with E-state index in [1.54, 1.807) is 41.7 Å². The van der Waals surface area contributed by atoms with Crippen molar-refractivity contribution in [1.82, 2.24) is 4.98 Å². The Hall–Kier alpha value is -3.37. The van der Waals surface area contributed by atoms with Crippen LogP contribution in [0.25, 0.3) is 0 Å². The Balaban J connectivity index is 1.58. The maximum absolute atomic E-state index is 12.6. The number of ether oxygens (including phenoxy) is 2. The van der Waals surface area contributed by atoms with E-state index in [1.165, 1.54) is 0 Å². The molecule has 0 saturated carbocycles. The summed E-state index contributed by atoms with van der Waals surface area (Å²) < 4.78 is 11.4. The number of carbonyl (C=O) groups excluding carboxylic acids is 1. The molecule has 148 valence electrons. The van der Waals surface area contributed by atoms with Crippen LogP contribution >= 0.6 is 11.3 Å². The summed E-state index contributed by atoms with van der Waals surface area (Å²) in [5.41, 5.74) is 2.00. The lowest BCUT2D eigenvalue weighted by Gasteiger charge is -2.10. The van der Waals surface area contributed by atoms with Crippen LogP contribution < -0.4 is 14.8 Å². The van der Waals surface area contributed by atoms with Gasteiger partial charge in [-0.3, -0.25) is 4.79 Å². The van der Waals surface area contributed by atoms with Gasteiger partial charge in [-0.1, -0.05) is 12.1 Å². The van der Waals surface area contributed by atoms with E-state index in [0.717, 1.165) is 10.7 Å². The minimum atomic E-state index is -0.235. The van der Waals surface area contributed by atoms with Gasteiger partial charge in [-0.2, -0.15) is 5.26 Å². The zero-order chi connectivity index (χ0) is 20.5. The second-order valence-corrected chi connectivity index (χ2v) is 7.33. The van der Waals surface area contributed by atoms with Crippen LogP contribution in [0.4, 0.5) is 5.69 Å². The summed E-state index contributed by atoms with van der Waals surface area (Å²) in [4.78, 5) is 17.0. The van der Waals surface area contributed by atoms with Gasteiger partial charge < -0.3 is 14.8 Å². The summed E-state index contributed by atoms with van der Waals surface area (Å²) in [6.07, 6.45) is 1.12. The standard InChI is InChI=1S/C22H21N3O3S/c1-16-24-19(15-29-16)14-28-20-8-4-6-17(12-20)22(26)25-18-7-5-9-21(13-18)27-11-3-2-10-23/h4-9,12-13,15H,2-3,11,14H2,1H3,(H,25,26). The smallest absolute Gasteiger partial charge is 0.255 e. The van der Waals surface area contributed by atoms with E-state index in [4.69, 9.17) is 14.7 Å². The number of nitrogens with zero attached hydrogens (tertiary/aromatic N) is 2. The van der Waals surface area contributed by atoms with Crippen molar-refractivity contribution < 1.29 is 14.3 Å². The molecule has 3 rings (SSSR count). The first kappa shape index (κ1) is 20.4. The maximum atomic E-state index is 12.6. The number of nitrogens with one attached hydrogen (secondary N) is 1. The second-order valence-electron chi connectivity index (χ2n) is 6.27. The van der Waals surface area contributed by atoms with E-state index in [9.17, 15) is 4.79 Å². The molecular weight excluding hydrogens is 386 g/mol. The molecular formula is C22H21N3O3S. The molecule has 2 aromatic carbocycles. The van der Waals surface area contributed by atoms with Gasteiger partial charge >= 0.3 is 0 Å². The fourth-order valence-corrected chi connectivity index (χ4v) is 3.16. The van der Waals surface area contributed by atoms with Gasteiger partial charge in [-0.25, -0.2) is 4.98 Å². The van der Waals surface area contributed by atoms with E-state index in [-0.39, 0.29) is 5.91 Å². The van der Waals surface area contributed by atoms with Gasteiger partial charge in [0.05, 0.1) is 23.4 Å². The molecule has 0 aliphatic carbocycles. The van der Waals surface area contributed by atoms with Gasteiger partial charge in [0, 0.05) is 29.1 Å². The largest absolute Gasteiger partial charge is 0.493 e. The highest BCUT2D eigenvalue weighted by Crippen LogP contribution is 2.20. The van der Waals surface area contributed by atoms with E-state index >= 15 is 0 Å². The molecule has 3 aromatic rings. The number of aromatic nitrogens is 1. The maximum Gasteiger partial charge on any atom is 0.255 e. The number of hydrogen-bond donors (Lipinski definition) is 1. The number of nitriles is 1. The fraction of sp³-hybridized carbons (Fsp3) is 0.227. The van der Waals surface area contributed by atoms with Crippen molar-refractivity contribution in [3.05, 3.63) is 70.2 Å². The van der Waals surface area contributed by atoms with Crippen LogP contribution in [-0.2, 0) is 6.61 Å². The van der Waals surface area contributed by atoms with Gasteiger partial charge in [0.1, 0.15) is 18.1 Å². The van der Waals surface area contributed by atoms with Gasteiger partial charge in [0.15, 0.2) is 0 Å². The van der Waals surface area contributed by atoms with E-state index < -0.39 is 0 Å². The van der Waals surface area contributed by atoms with Crippen molar-refractivity contribution in [3.8, 4) is 17.6 Å².